The van der Waals surface area contributed by atoms with Crippen LogP contribution in [0.1, 0.15) is 33.6 Å². The molecule has 1 heterocycles. The molecule has 1 saturated carbocycles. The number of aliphatic hydroxyl groups excluding tert-OH is 2. The summed E-state index contributed by atoms with van der Waals surface area (Å²) < 4.78 is 5.13. The van der Waals surface area contributed by atoms with Crippen molar-refractivity contribution in [1.29, 1.82) is 0 Å². The lowest BCUT2D eigenvalue weighted by Crippen LogP contribution is -2.57. The molecule has 5 heteroatoms. The monoisotopic (exact) mass is 280 g/mol. The summed E-state index contributed by atoms with van der Waals surface area (Å²) >= 11 is 0. The molecule has 3 aliphatic rings. The Morgan fingerprint density at radius 3 is 2.65 bits per heavy atom. The fourth-order valence-corrected chi connectivity index (χ4v) is 4.10. The molecule has 0 radical (unpaired) electrons. The number of allylic oxidation sites excluding steroid dienone is 1. The maximum absolute atomic E-state index is 11.7. The van der Waals surface area contributed by atoms with Gasteiger partial charge in [0.2, 0.25) is 5.79 Å². The van der Waals surface area contributed by atoms with Crippen LogP contribution in [0.15, 0.2) is 22.8 Å². The fourth-order valence-electron chi connectivity index (χ4n) is 4.10. The molecular formula is C15H20O5. The Hall–Kier alpha value is -1.17. The molecule has 0 aromatic rings. The van der Waals surface area contributed by atoms with Crippen molar-refractivity contribution in [3.8, 4) is 0 Å². The van der Waals surface area contributed by atoms with Gasteiger partial charge in [-0.2, -0.15) is 0 Å². The molecule has 0 unspecified atom stereocenters. The number of carbonyl (C=O) groups excluding carboxylic acids is 1. The Bertz CT molecular complexity index is 548. The first kappa shape index (κ1) is 13.8. The zero-order valence-electron chi connectivity index (χ0n) is 11.9. The van der Waals surface area contributed by atoms with Crippen LogP contribution in [-0.4, -0.2) is 39.3 Å². The first-order chi connectivity index (χ1) is 9.19. The van der Waals surface area contributed by atoms with Gasteiger partial charge in [-0.1, -0.05) is 18.6 Å². The van der Waals surface area contributed by atoms with Gasteiger partial charge in [0.15, 0.2) is 0 Å². The molecule has 110 valence electrons. The van der Waals surface area contributed by atoms with E-state index in [0.717, 1.165) is 5.57 Å². The molecule has 0 aromatic carbocycles. The van der Waals surface area contributed by atoms with Crippen LogP contribution in [0.5, 0.6) is 0 Å². The molecule has 0 aromatic heterocycles. The number of aliphatic hydroxyl groups is 3. The first-order valence-corrected chi connectivity index (χ1v) is 6.89. The van der Waals surface area contributed by atoms with Gasteiger partial charge in [-0.05, 0) is 26.2 Å². The summed E-state index contributed by atoms with van der Waals surface area (Å²) in [5.74, 6) is -2.15. The molecule has 3 rings (SSSR count). The van der Waals surface area contributed by atoms with Crippen molar-refractivity contribution < 1.29 is 24.9 Å². The second-order valence-electron chi connectivity index (χ2n) is 6.56. The van der Waals surface area contributed by atoms with E-state index in [2.05, 4.69) is 0 Å². The summed E-state index contributed by atoms with van der Waals surface area (Å²) in [4.78, 5) is 11.7. The van der Waals surface area contributed by atoms with Crippen LogP contribution in [-0.2, 0) is 9.53 Å². The lowest BCUT2D eigenvalue weighted by Gasteiger charge is -2.53. The van der Waals surface area contributed by atoms with E-state index >= 15 is 0 Å². The van der Waals surface area contributed by atoms with Gasteiger partial charge in [-0.3, -0.25) is 0 Å². The zero-order valence-corrected chi connectivity index (χ0v) is 11.9. The van der Waals surface area contributed by atoms with Crippen molar-refractivity contribution in [3.05, 3.63) is 22.8 Å². The molecule has 5 atom stereocenters. The first-order valence-electron chi connectivity index (χ1n) is 6.89. The average molecular weight is 280 g/mol. The minimum atomic E-state index is -1.63. The van der Waals surface area contributed by atoms with E-state index in [1.807, 2.05) is 13.8 Å². The third-order valence-electron chi connectivity index (χ3n) is 5.30. The van der Waals surface area contributed by atoms with Crippen LogP contribution >= 0.6 is 0 Å². The largest absolute Gasteiger partial charge is 0.426 e. The molecular weight excluding hydrogens is 260 g/mol. The predicted octanol–water partition coefficient (Wildman–Crippen LogP) is 0.646. The van der Waals surface area contributed by atoms with E-state index in [1.54, 1.807) is 13.0 Å². The molecule has 20 heavy (non-hydrogen) atoms. The highest BCUT2D eigenvalue weighted by Gasteiger charge is 2.60. The van der Waals surface area contributed by atoms with Crippen molar-refractivity contribution in [1.82, 2.24) is 0 Å². The topological polar surface area (TPSA) is 87.0 Å². The SMILES string of the molecule is CC1=C[C@@H](O)[C@@H](O)[C@@]2(C)C[C@@]3(O)OC(=O)C(C)=C3C[C@H]12. The Labute approximate surface area is 117 Å². The van der Waals surface area contributed by atoms with Crippen LogP contribution in [0, 0.1) is 11.3 Å². The predicted molar refractivity (Wildman–Crippen MR) is 70.3 cm³/mol. The standard InChI is InChI=1S/C15H20O5/c1-7-4-11(16)12(17)14(3)6-15(19)10(5-9(7)14)8(2)13(18)20-15/h4,9,11-12,16-17,19H,5-6H2,1-3H3/t9-,11-,12-,14+,15-/m1/s1. The Morgan fingerprint density at radius 1 is 1.35 bits per heavy atom. The van der Waals surface area contributed by atoms with Crippen molar-refractivity contribution >= 4 is 5.97 Å². The Balaban J connectivity index is 2.10. The Morgan fingerprint density at radius 2 is 2.00 bits per heavy atom. The number of hydrogen-bond donors (Lipinski definition) is 3. The summed E-state index contributed by atoms with van der Waals surface area (Å²) in [6, 6.07) is 0. The quantitative estimate of drug-likeness (QED) is 0.448. The van der Waals surface area contributed by atoms with Gasteiger partial charge in [0.1, 0.15) is 0 Å². The highest BCUT2D eigenvalue weighted by atomic mass is 16.7. The van der Waals surface area contributed by atoms with Gasteiger partial charge >= 0.3 is 5.97 Å². The van der Waals surface area contributed by atoms with Crippen molar-refractivity contribution in [3.63, 3.8) is 0 Å². The molecule has 0 spiro atoms. The fraction of sp³-hybridized carbons (Fsp3) is 0.667. The number of fused-ring (bicyclic) bond motifs is 2. The third-order valence-corrected chi connectivity index (χ3v) is 5.30. The minimum absolute atomic E-state index is 0.0133. The van der Waals surface area contributed by atoms with E-state index in [0.29, 0.717) is 17.6 Å². The lowest BCUT2D eigenvalue weighted by atomic mass is 9.56. The van der Waals surface area contributed by atoms with E-state index in [9.17, 15) is 20.1 Å². The molecule has 2 aliphatic carbocycles. The second kappa shape index (κ2) is 3.93. The highest BCUT2D eigenvalue weighted by Crippen LogP contribution is 2.57. The molecule has 5 nitrogen and oxygen atoms in total. The third kappa shape index (κ3) is 1.57. The second-order valence-corrected chi connectivity index (χ2v) is 6.56. The van der Waals surface area contributed by atoms with Crippen LogP contribution in [0.2, 0.25) is 0 Å². The number of rotatable bonds is 0. The van der Waals surface area contributed by atoms with Gasteiger partial charge in [0, 0.05) is 23.0 Å². The van der Waals surface area contributed by atoms with Crippen LogP contribution < -0.4 is 0 Å². The number of carbonyl (C=O) groups is 1. The molecule has 0 bridgehead atoms. The molecule has 1 aliphatic heterocycles. The lowest BCUT2D eigenvalue weighted by molar-refractivity contribution is -0.216. The van der Waals surface area contributed by atoms with E-state index < -0.39 is 29.4 Å². The highest BCUT2D eigenvalue weighted by molar-refractivity contribution is 5.92. The van der Waals surface area contributed by atoms with Crippen LogP contribution in [0.25, 0.3) is 0 Å². The smallest absolute Gasteiger partial charge is 0.336 e. The molecule has 3 N–H and O–H groups in total. The summed E-state index contributed by atoms with van der Waals surface area (Å²) in [6.45, 7) is 5.40. The van der Waals surface area contributed by atoms with Gasteiger partial charge in [0.25, 0.3) is 0 Å². The number of hydrogen-bond acceptors (Lipinski definition) is 5. The van der Waals surface area contributed by atoms with Crippen molar-refractivity contribution in [2.75, 3.05) is 0 Å². The molecule has 0 amide bonds. The molecule has 1 fully saturated rings. The average Bonchev–Trinajstić information content (AvgIpc) is 2.55. The van der Waals surface area contributed by atoms with Crippen LogP contribution in [0.4, 0.5) is 0 Å². The minimum Gasteiger partial charge on any atom is -0.426 e. The summed E-state index contributed by atoms with van der Waals surface area (Å²) in [5, 5.41) is 30.9. The number of esters is 1. The zero-order chi connectivity index (χ0) is 14.9. The van der Waals surface area contributed by atoms with E-state index in [-0.39, 0.29) is 12.3 Å². The van der Waals surface area contributed by atoms with Crippen molar-refractivity contribution in [2.45, 2.75) is 51.6 Å². The van der Waals surface area contributed by atoms with E-state index in [4.69, 9.17) is 4.74 Å². The molecule has 0 saturated heterocycles. The van der Waals surface area contributed by atoms with Gasteiger partial charge in [-0.25, -0.2) is 4.79 Å². The Kier molecular flexibility index (Phi) is 2.71. The number of ether oxygens (including phenoxy) is 1. The normalized spacial score (nSPS) is 47.6. The maximum atomic E-state index is 11.7. The van der Waals surface area contributed by atoms with E-state index in [1.165, 1.54) is 0 Å². The van der Waals surface area contributed by atoms with Crippen molar-refractivity contribution in [2.24, 2.45) is 11.3 Å². The van der Waals surface area contributed by atoms with Gasteiger partial charge < -0.3 is 20.1 Å². The van der Waals surface area contributed by atoms with Gasteiger partial charge in [0.05, 0.1) is 12.2 Å². The summed E-state index contributed by atoms with van der Waals surface area (Å²) in [7, 11) is 0. The summed E-state index contributed by atoms with van der Waals surface area (Å²) in [5.41, 5.74) is 1.33. The maximum Gasteiger partial charge on any atom is 0.336 e. The van der Waals surface area contributed by atoms with Gasteiger partial charge in [-0.15, -0.1) is 0 Å². The summed E-state index contributed by atoms with van der Waals surface area (Å²) in [6.07, 6.45) is 0.294. The van der Waals surface area contributed by atoms with Crippen LogP contribution in [0.3, 0.4) is 0 Å².